The van der Waals surface area contributed by atoms with E-state index in [2.05, 4.69) is 6.07 Å². The molecule has 0 saturated heterocycles. The van der Waals surface area contributed by atoms with Crippen molar-refractivity contribution < 1.29 is 9.13 Å². The lowest BCUT2D eigenvalue weighted by atomic mass is 10.1. The second kappa shape index (κ2) is 3.43. The fraction of sp³-hybridized carbons (Fsp3) is 0.0769. The van der Waals surface area contributed by atoms with Crippen molar-refractivity contribution in [3.8, 4) is 11.1 Å². The van der Waals surface area contributed by atoms with Crippen LogP contribution in [0.3, 0.4) is 0 Å². The van der Waals surface area contributed by atoms with Crippen molar-refractivity contribution in [3.05, 3.63) is 53.6 Å². The molecule has 78 valence electrons. The molecule has 3 rings (SSSR count). The SMILES string of the molecule is O=P(=O)c1cccc2c1Cc1ccccc1-2. The highest BCUT2D eigenvalue weighted by molar-refractivity contribution is 7.40. The van der Waals surface area contributed by atoms with Crippen molar-refractivity contribution in [1.29, 1.82) is 0 Å². The van der Waals surface area contributed by atoms with E-state index in [0.29, 0.717) is 5.30 Å². The van der Waals surface area contributed by atoms with Crippen LogP contribution in [0.25, 0.3) is 11.1 Å². The average Bonchev–Trinajstić information content (AvgIpc) is 2.67. The second-order valence-electron chi connectivity index (χ2n) is 3.89. The third-order valence-electron chi connectivity index (χ3n) is 3.02. The van der Waals surface area contributed by atoms with Crippen LogP contribution in [0.5, 0.6) is 0 Å². The maximum absolute atomic E-state index is 11.1. The van der Waals surface area contributed by atoms with Crippen LogP contribution in [-0.4, -0.2) is 0 Å². The van der Waals surface area contributed by atoms with Crippen LogP contribution in [-0.2, 0) is 15.6 Å². The van der Waals surface area contributed by atoms with Gasteiger partial charge in [-0.25, -0.2) is 9.13 Å². The molecule has 0 amide bonds. The largest absolute Gasteiger partial charge is 0.349 e. The average molecular weight is 228 g/mol. The minimum absolute atomic E-state index is 0.462. The fourth-order valence-electron chi connectivity index (χ4n) is 2.31. The fourth-order valence-corrected chi connectivity index (χ4v) is 2.94. The molecule has 0 spiro atoms. The topological polar surface area (TPSA) is 34.1 Å². The molecule has 16 heavy (non-hydrogen) atoms. The van der Waals surface area contributed by atoms with Crippen LogP contribution in [0.4, 0.5) is 0 Å². The summed E-state index contributed by atoms with van der Waals surface area (Å²) < 4.78 is 22.3. The Balaban J connectivity index is 2.32. The quantitative estimate of drug-likeness (QED) is 0.600. The standard InChI is InChI=1S/C13H9O2P/c14-16(15)13-7-3-6-11-10-5-2-1-4-9(10)8-12(11)13/h1-7H,8H2. The van der Waals surface area contributed by atoms with Crippen molar-refractivity contribution in [2.45, 2.75) is 6.42 Å². The van der Waals surface area contributed by atoms with Crippen LogP contribution in [0, 0.1) is 0 Å². The highest BCUT2D eigenvalue weighted by Crippen LogP contribution is 2.36. The lowest BCUT2D eigenvalue weighted by Gasteiger charge is -2.00. The molecule has 0 unspecified atom stereocenters. The molecule has 0 saturated carbocycles. The van der Waals surface area contributed by atoms with Crippen molar-refractivity contribution in [2.24, 2.45) is 0 Å². The first-order valence-corrected chi connectivity index (χ1v) is 6.29. The van der Waals surface area contributed by atoms with Gasteiger partial charge in [-0.05, 0) is 34.7 Å². The van der Waals surface area contributed by atoms with Gasteiger partial charge in [0.05, 0.1) is 5.30 Å². The first-order valence-electron chi connectivity index (χ1n) is 5.12. The highest BCUT2D eigenvalue weighted by Gasteiger charge is 2.21. The molecule has 1 aliphatic carbocycles. The van der Waals surface area contributed by atoms with E-state index in [1.54, 1.807) is 12.1 Å². The van der Waals surface area contributed by atoms with E-state index in [4.69, 9.17) is 0 Å². The molecular weight excluding hydrogens is 219 g/mol. The molecule has 2 aromatic carbocycles. The molecule has 2 aromatic rings. The third kappa shape index (κ3) is 1.27. The summed E-state index contributed by atoms with van der Waals surface area (Å²) in [6.45, 7) is 0. The minimum Gasteiger partial charge on any atom is -0.232 e. The summed E-state index contributed by atoms with van der Waals surface area (Å²) >= 11 is 0. The minimum atomic E-state index is -2.50. The van der Waals surface area contributed by atoms with Crippen molar-refractivity contribution in [2.75, 3.05) is 0 Å². The van der Waals surface area contributed by atoms with Gasteiger partial charge in [0.15, 0.2) is 0 Å². The van der Waals surface area contributed by atoms with E-state index >= 15 is 0 Å². The number of hydrogen-bond donors (Lipinski definition) is 0. The van der Waals surface area contributed by atoms with E-state index < -0.39 is 7.68 Å². The van der Waals surface area contributed by atoms with Crippen molar-refractivity contribution >= 4 is 13.0 Å². The van der Waals surface area contributed by atoms with Gasteiger partial charge >= 0.3 is 7.68 Å². The summed E-state index contributed by atoms with van der Waals surface area (Å²) in [5.41, 5.74) is 4.38. The van der Waals surface area contributed by atoms with E-state index in [1.165, 1.54) is 5.56 Å². The first kappa shape index (κ1) is 9.56. The highest BCUT2D eigenvalue weighted by atomic mass is 31.1. The monoisotopic (exact) mass is 228 g/mol. The Kier molecular flexibility index (Phi) is 2.05. The van der Waals surface area contributed by atoms with Gasteiger partial charge in [-0.1, -0.05) is 36.4 Å². The maximum Gasteiger partial charge on any atom is 0.349 e. The zero-order valence-corrected chi connectivity index (χ0v) is 9.41. The maximum atomic E-state index is 11.1. The van der Waals surface area contributed by atoms with E-state index in [9.17, 15) is 9.13 Å². The predicted molar refractivity (Wildman–Crippen MR) is 62.6 cm³/mol. The van der Waals surface area contributed by atoms with Crippen LogP contribution in [0.15, 0.2) is 42.5 Å². The third-order valence-corrected chi connectivity index (χ3v) is 3.84. The Morgan fingerprint density at radius 3 is 2.44 bits per heavy atom. The van der Waals surface area contributed by atoms with Gasteiger partial charge in [-0.3, -0.25) is 0 Å². The normalized spacial score (nSPS) is 12.0. The molecular formula is C13H9O2P. The van der Waals surface area contributed by atoms with E-state index in [0.717, 1.165) is 23.1 Å². The predicted octanol–water partition coefficient (Wildman–Crippen LogP) is 3.06. The Morgan fingerprint density at radius 1 is 0.875 bits per heavy atom. The molecule has 1 aliphatic rings. The molecule has 0 fully saturated rings. The van der Waals surface area contributed by atoms with Gasteiger partial charge in [-0.2, -0.15) is 0 Å². The van der Waals surface area contributed by atoms with Crippen LogP contribution in [0.1, 0.15) is 11.1 Å². The zero-order chi connectivity index (χ0) is 11.1. The Labute approximate surface area is 93.8 Å². The van der Waals surface area contributed by atoms with Crippen LogP contribution in [0.2, 0.25) is 0 Å². The van der Waals surface area contributed by atoms with Crippen LogP contribution >= 0.6 is 7.68 Å². The van der Waals surface area contributed by atoms with Crippen molar-refractivity contribution in [3.63, 3.8) is 0 Å². The number of benzene rings is 2. The number of fused-ring (bicyclic) bond motifs is 3. The Hall–Kier alpha value is -1.66. The molecule has 0 bridgehead atoms. The first-order chi connectivity index (χ1) is 7.77. The zero-order valence-electron chi connectivity index (χ0n) is 8.51. The number of hydrogen-bond acceptors (Lipinski definition) is 2. The summed E-state index contributed by atoms with van der Waals surface area (Å²) in [5, 5.41) is 0.462. The number of rotatable bonds is 1. The van der Waals surface area contributed by atoms with Crippen LogP contribution < -0.4 is 5.30 Å². The summed E-state index contributed by atoms with van der Waals surface area (Å²) in [6, 6.07) is 13.5. The Morgan fingerprint density at radius 2 is 1.62 bits per heavy atom. The lowest BCUT2D eigenvalue weighted by molar-refractivity contribution is 0.523. The summed E-state index contributed by atoms with van der Waals surface area (Å²) in [5.74, 6) is 0. The Bertz CT molecular complexity index is 634. The molecule has 0 N–H and O–H groups in total. The molecule has 0 aromatic heterocycles. The lowest BCUT2D eigenvalue weighted by Crippen LogP contribution is -2.01. The van der Waals surface area contributed by atoms with Crippen molar-refractivity contribution in [1.82, 2.24) is 0 Å². The van der Waals surface area contributed by atoms with Gasteiger partial charge in [0.25, 0.3) is 0 Å². The van der Waals surface area contributed by atoms with E-state index in [1.807, 2.05) is 24.3 Å². The van der Waals surface area contributed by atoms with Gasteiger partial charge < -0.3 is 0 Å². The van der Waals surface area contributed by atoms with Gasteiger partial charge in [0.2, 0.25) is 0 Å². The smallest absolute Gasteiger partial charge is 0.232 e. The summed E-state index contributed by atoms with van der Waals surface area (Å²) in [6.07, 6.45) is 0.727. The summed E-state index contributed by atoms with van der Waals surface area (Å²) in [4.78, 5) is 0. The molecule has 0 radical (unpaired) electrons. The second-order valence-corrected chi connectivity index (χ2v) is 4.89. The molecule has 0 aliphatic heterocycles. The molecule has 3 heteroatoms. The van der Waals surface area contributed by atoms with E-state index in [-0.39, 0.29) is 0 Å². The van der Waals surface area contributed by atoms with Gasteiger partial charge in [-0.15, -0.1) is 0 Å². The molecule has 2 nitrogen and oxygen atoms in total. The molecule has 0 heterocycles. The summed E-state index contributed by atoms with van der Waals surface area (Å²) in [7, 11) is -2.50. The molecule has 0 atom stereocenters. The van der Waals surface area contributed by atoms with Gasteiger partial charge in [0, 0.05) is 0 Å². The van der Waals surface area contributed by atoms with Gasteiger partial charge in [0.1, 0.15) is 0 Å².